The molecule has 0 saturated heterocycles. The molecule has 1 aliphatic rings. The third kappa shape index (κ3) is 3.60. The van der Waals surface area contributed by atoms with Crippen molar-refractivity contribution >= 4 is 23.1 Å². The van der Waals surface area contributed by atoms with Gasteiger partial charge in [-0.05, 0) is 18.2 Å². The number of amides is 1. The zero-order valence-electron chi connectivity index (χ0n) is 16.5. The van der Waals surface area contributed by atoms with Gasteiger partial charge >= 0.3 is 0 Å². The molecule has 150 valence electrons. The fourth-order valence-corrected chi connectivity index (χ4v) is 3.54. The number of fused-ring (bicyclic) bond motifs is 1. The molecule has 0 bridgehead atoms. The van der Waals surface area contributed by atoms with Crippen LogP contribution in [0.1, 0.15) is 21.5 Å². The second-order valence-corrected chi connectivity index (χ2v) is 6.85. The summed E-state index contributed by atoms with van der Waals surface area (Å²) >= 11 is 0. The highest BCUT2D eigenvalue weighted by Gasteiger charge is 2.31. The average molecular weight is 399 g/mol. The Morgan fingerprint density at radius 2 is 1.67 bits per heavy atom. The van der Waals surface area contributed by atoms with Crippen molar-refractivity contribution in [2.24, 2.45) is 10.7 Å². The Balaban J connectivity index is 1.77. The molecule has 3 aromatic carbocycles. The molecule has 6 heteroatoms. The summed E-state index contributed by atoms with van der Waals surface area (Å²) in [6.07, 6.45) is -1.11. The number of carbonyl (C=O) groups excluding carboxylic acids is 2. The molecule has 0 aliphatic carbocycles. The number of benzodiazepines with no additional fused rings is 1. The molecule has 0 spiro atoms. The Labute approximate surface area is 174 Å². The Kier molecular flexibility index (Phi) is 5.41. The van der Waals surface area contributed by atoms with Gasteiger partial charge < -0.3 is 15.4 Å². The lowest BCUT2D eigenvalue weighted by Gasteiger charge is -2.24. The summed E-state index contributed by atoms with van der Waals surface area (Å²) < 4.78 is 5.30. The van der Waals surface area contributed by atoms with Gasteiger partial charge in [-0.2, -0.15) is 0 Å². The lowest BCUT2D eigenvalue weighted by Crippen LogP contribution is -2.44. The smallest absolute Gasteiger partial charge is 0.266 e. The lowest BCUT2D eigenvalue weighted by molar-refractivity contribution is -0.119. The van der Waals surface area contributed by atoms with Crippen LogP contribution in [-0.4, -0.2) is 37.2 Å². The van der Waals surface area contributed by atoms with Gasteiger partial charge in [-0.25, -0.2) is 0 Å². The zero-order valence-corrected chi connectivity index (χ0v) is 16.5. The first-order valence-electron chi connectivity index (χ1n) is 9.56. The van der Waals surface area contributed by atoms with E-state index in [1.54, 1.807) is 30.3 Å². The summed E-state index contributed by atoms with van der Waals surface area (Å²) in [7, 11) is 1.51. The van der Waals surface area contributed by atoms with Crippen molar-refractivity contribution in [3.8, 4) is 5.75 Å². The van der Waals surface area contributed by atoms with Gasteiger partial charge in [-0.1, -0.05) is 60.7 Å². The molecule has 1 aliphatic heterocycles. The van der Waals surface area contributed by atoms with Crippen LogP contribution in [0.5, 0.6) is 5.75 Å². The fourth-order valence-electron chi connectivity index (χ4n) is 3.54. The zero-order chi connectivity index (χ0) is 21.1. The first-order chi connectivity index (χ1) is 14.6. The van der Waals surface area contributed by atoms with Crippen molar-refractivity contribution in [1.29, 1.82) is 0 Å². The Bertz CT molecular complexity index is 1130. The molecule has 1 unspecified atom stereocenters. The number of ether oxygens (including phenoxy) is 1. The van der Waals surface area contributed by atoms with E-state index in [1.165, 1.54) is 12.0 Å². The van der Waals surface area contributed by atoms with Crippen molar-refractivity contribution in [2.45, 2.75) is 6.17 Å². The molecule has 30 heavy (non-hydrogen) atoms. The van der Waals surface area contributed by atoms with Crippen molar-refractivity contribution in [2.75, 3.05) is 18.6 Å². The van der Waals surface area contributed by atoms with Crippen molar-refractivity contribution < 1.29 is 14.3 Å². The average Bonchev–Trinajstić information content (AvgIpc) is 2.90. The molecule has 6 nitrogen and oxygen atoms in total. The first kappa shape index (κ1) is 19.5. The summed E-state index contributed by atoms with van der Waals surface area (Å²) in [5, 5.41) is 0. The molecular formula is C24H21N3O3. The van der Waals surface area contributed by atoms with Crippen LogP contribution in [0, 0.1) is 0 Å². The van der Waals surface area contributed by atoms with Crippen LogP contribution in [0.25, 0.3) is 0 Å². The minimum Gasteiger partial charge on any atom is -0.496 e. The molecule has 1 heterocycles. The highest BCUT2D eigenvalue weighted by molar-refractivity contribution is 6.21. The van der Waals surface area contributed by atoms with Crippen LogP contribution in [0.4, 0.5) is 5.69 Å². The van der Waals surface area contributed by atoms with Crippen LogP contribution in [0.2, 0.25) is 0 Å². The number of para-hydroxylation sites is 2. The maximum absolute atomic E-state index is 13.1. The Hall–Kier alpha value is -3.77. The van der Waals surface area contributed by atoms with Gasteiger partial charge in [-0.15, -0.1) is 0 Å². The standard InChI is InChI=1S/C24H21N3O3/c1-30-21-14-8-6-12-18(21)20(28)15-27-19-13-7-5-11-17(19)22(26-23(25)24(27)29)16-9-3-2-4-10-16/h2-14,23H,15,25H2,1H3. The van der Waals surface area contributed by atoms with Gasteiger partial charge in [0.15, 0.2) is 11.9 Å². The Morgan fingerprint density at radius 1 is 1.00 bits per heavy atom. The summed E-state index contributed by atoms with van der Waals surface area (Å²) in [4.78, 5) is 32.1. The van der Waals surface area contributed by atoms with E-state index < -0.39 is 12.1 Å². The van der Waals surface area contributed by atoms with Gasteiger partial charge in [0.1, 0.15) is 5.75 Å². The predicted molar refractivity (Wildman–Crippen MR) is 116 cm³/mol. The molecule has 0 fully saturated rings. The van der Waals surface area contributed by atoms with Crippen LogP contribution in [0.15, 0.2) is 83.9 Å². The number of ketones is 1. The van der Waals surface area contributed by atoms with Crippen LogP contribution >= 0.6 is 0 Å². The van der Waals surface area contributed by atoms with Gasteiger partial charge in [0, 0.05) is 11.1 Å². The number of hydrogen-bond acceptors (Lipinski definition) is 5. The number of Topliss-reactive ketones (excluding diaryl/α,β-unsaturated/α-hetero) is 1. The van der Waals surface area contributed by atoms with Gasteiger partial charge in [0.05, 0.1) is 30.6 Å². The summed E-state index contributed by atoms with van der Waals surface area (Å²) in [6.45, 7) is -0.165. The summed E-state index contributed by atoms with van der Waals surface area (Å²) in [5.74, 6) is -0.217. The molecule has 2 N–H and O–H groups in total. The number of nitrogens with zero attached hydrogens (tertiary/aromatic N) is 2. The quantitative estimate of drug-likeness (QED) is 0.669. The van der Waals surface area contributed by atoms with Crippen LogP contribution in [0.3, 0.4) is 0 Å². The van der Waals surface area contributed by atoms with Crippen molar-refractivity contribution in [1.82, 2.24) is 0 Å². The molecule has 1 atom stereocenters. The largest absolute Gasteiger partial charge is 0.496 e. The lowest BCUT2D eigenvalue weighted by atomic mass is 10.00. The predicted octanol–water partition coefficient (Wildman–Crippen LogP) is 3.05. The molecule has 3 aromatic rings. The highest BCUT2D eigenvalue weighted by Crippen LogP contribution is 2.28. The van der Waals surface area contributed by atoms with Crippen LogP contribution in [-0.2, 0) is 4.79 Å². The Morgan fingerprint density at radius 3 is 2.43 bits per heavy atom. The summed E-state index contributed by atoms with van der Waals surface area (Å²) in [5.41, 5.74) is 9.36. The monoisotopic (exact) mass is 399 g/mol. The molecule has 0 aromatic heterocycles. The van der Waals surface area contributed by atoms with Crippen molar-refractivity contribution in [3.63, 3.8) is 0 Å². The van der Waals surface area contributed by atoms with Crippen LogP contribution < -0.4 is 15.4 Å². The number of benzene rings is 3. The van der Waals surface area contributed by atoms with E-state index in [1.807, 2.05) is 48.5 Å². The SMILES string of the molecule is COc1ccccc1C(=O)CN1C(=O)C(N)N=C(c2ccccc2)c2ccccc21. The highest BCUT2D eigenvalue weighted by atomic mass is 16.5. The number of rotatable bonds is 5. The molecule has 0 saturated carbocycles. The number of methoxy groups -OCH3 is 1. The van der Waals surface area contributed by atoms with Gasteiger partial charge in [0.25, 0.3) is 5.91 Å². The van der Waals surface area contributed by atoms with Crippen molar-refractivity contribution in [3.05, 3.63) is 95.6 Å². The maximum Gasteiger partial charge on any atom is 0.266 e. The number of hydrogen-bond donors (Lipinski definition) is 1. The normalized spacial score (nSPS) is 15.8. The van der Waals surface area contributed by atoms with Gasteiger partial charge in [-0.3, -0.25) is 14.6 Å². The van der Waals surface area contributed by atoms with Gasteiger partial charge in [0.2, 0.25) is 0 Å². The molecule has 4 rings (SSSR count). The summed E-state index contributed by atoms with van der Waals surface area (Å²) in [6, 6.07) is 23.9. The van der Waals surface area contributed by atoms with E-state index in [4.69, 9.17) is 10.5 Å². The minimum absolute atomic E-state index is 0.165. The van der Waals surface area contributed by atoms with E-state index >= 15 is 0 Å². The van der Waals surface area contributed by atoms with E-state index in [2.05, 4.69) is 4.99 Å². The second kappa shape index (κ2) is 8.31. The topological polar surface area (TPSA) is 85.0 Å². The van der Waals surface area contributed by atoms with E-state index in [9.17, 15) is 9.59 Å². The van der Waals surface area contributed by atoms with E-state index in [0.717, 1.165) is 11.1 Å². The molecule has 1 amide bonds. The number of carbonyl (C=O) groups is 2. The fraction of sp³-hybridized carbons (Fsp3) is 0.125. The number of nitrogens with two attached hydrogens (primary N) is 1. The minimum atomic E-state index is -1.11. The third-order valence-electron chi connectivity index (χ3n) is 4.99. The second-order valence-electron chi connectivity index (χ2n) is 6.85. The first-order valence-corrected chi connectivity index (χ1v) is 9.56. The molecule has 0 radical (unpaired) electrons. The maximum atomic E-state index is 13.1. The van der Waals surface area contributed by atoms with E-state index in [-0.39, 0.29) is 12.3 Å². The van der Waals surface area contributed by atoms with E-state index in [0.29, 0.717) is 22.7 Å². The number of aliphatic imine (C=N–C) groups is 1. The number of anilines is 1. The molecular weight excluding hydrogens is 378 g/mol. The third-order valence-corrected chi connectivity index (χ3v) is 4.99.